The summed E-state index contributed by atoms with van der Waals surface area (Å²) in [6.45, 7) is 0.364. The Hall–Kier alpha value is -0.680. The van der Waals surface area contributed by atoms with Crippen LogP contribution in [-0.4, -0.2) is 34.9 Å². The lowest BCUT2D eigenvalue weighted by Gasteiger charge is -2.10. The van der Waals surface area contributed by atoms with Crippen LogP contribution in [0.15, 0.2) is 46.2 Å². The lowest BCUT2D eigenvalue weighted by atomic mass is 10.1. The Kier molecular flexibility index (Phi) is 5.38. The predicted molar refractivity (Wildman–Crippen MR) is 79.6 cm³/mol. The minimum absolute atomic E-state index is 0.182. The summed E-state index contributed by atoms with van der Waals surface area (Å²) in [6, 6.07) is 12.6. The number of aliphatic hydroxyl groups is 2. The highest BCUT2D eigenvalue weighted by molar-refractivity contribution is 8.02. The van der Waals surface area contributed by atoms with Gasteiger partial charge in [0.1, 0.15) is 0 Å². The fourth-order valence-electron chi connectivity index (χ4n) is 1.74. The van der Waals surface area contributed by atoms with E-state index >= 15 is 0 Å². The lowest BCUT2D eigenvalue weighted by Crippen LogP contribution is -1.90. The van der Waals surface area contributed by atoms with Gasteiger partial charge in [0, 0.05) is 21.3 Å². The van der Waals surface area contributed by atoms with E-state index in [1.54, 1.807) is 23.5 Å². The van der Waals surface area contributed by atoms with Crippen molar-refractivity contribution in [2.45, 2.75) is 9.79 Å². The third-order valence-corrected chi connectivity index (χ3v) is 4.71. The van der Waals surface area contributed by atoms with Crippen LogP contribution in [0.25, 0.3) is 10.8 Å². The highest BCUT2D eigenvalue weighted by atomic mass is 32.2. The highest BCUT2D eigenvalue weighted by Crippen LogP contribution is 2.34. The Balaban J connectivity index is 2.35. The van der Waals surface area contributed by atoms with Crippen LogP contribution in [0.4, 0.5) is 0 Å². The van der Waals surface area contributed by atoms with E-state index in [-0.39, 0.29) is 13.2 Å². The fourth-order valence-corrected chi connectivity index (χ4v) is 3.53. The summed E-state index contributed by atoms with van der Waals surface area (Å²) >= 11 is 3.32. The summed E-state index contributed by atoms with van der Waals surface area (Å²) in [4.78, 5) is 2.36. The zero-order valence-corrected chi connectivity index (χ0v) is 11.6. The first-order chi connectivity index (χ1) is 8.85. The molecule has 0 atom stereocenters. The molecule has 0 aliphatic rings. The standard InChI is InChI=1S/C14H16O2S2/c15-5-7-17-13-9-11-3-1-2-4-12(11)10-14(13)18-8-6-16/h1-4,9-10,15-16H,5-8H2. The largest absolute Gasteiger partial charge is 0.396 e. The number of thioether (sulfide) groups is 2. The number of hydrogen-bond acceptors (Lipinski definition) is 4. The molecule has 0 aromatic heterocycles. The molecule has 0 fully saturated rings. The van der Waals surface area contributed by atoms with Crippen molar-refractivity contribution in [3.05, 3.63) is 36.4 Å². The van der Waals surface area contributed by atoms with Crippen LogP contribution in [0.5, 0.6) is 0 Å². The molecule has 0 heterocycles. The maximum atomic E-state index is 8.94. The zero-order valence-electron chi connectivity index (χ0n) is 10.0. The number of hydrogen-bond donors (Lipinski definition) is 2. The molecular weight excluding hydrogens is 264 g/mol. The summed E-state index contributed by atoms with van der Waals surface area (Å²) < 4.78 is 0. The first-order valence-corrected chi connectivity index (χ1v) is 7.82. The molecule has 2 aromatic carbocycles. The average molecular weight is 280 g/mol. The van der Waals surface area contributed by atoms with Gasteiger partial charge in [0.15, 0.2) is 0 Å². The van der Waals surface area contributed by atoms with E-state index in [1.807, 2.05) is 12.1 Å². The van der Waals surface area contributed by atoms with Crippen molar-refractivity contribution >= 4 is 34.3 Å². The highest BCUT2D eigenvalue weighted by Gasteiger charge is 2.06. The Morgan fingerprint density at radius 3 is 1.61 bits per heavy atom. The summed E-state index contributed by atoms with van der Waals surface area (Å²) in [6.07, 6.45) is 0. The van der Waals surface area contributed by atoms with Gasteiger partial charge in [-0.1, -0.05) is 24.3 Å². The van der Waals surface area contributed by atoms with Crippen molar-refractivity contribution in [3.63, 3.8) is 0 Å². The van der Waals surface area contributed by atoms with Gasteiger partial charge in [-0.3, -0.25) is 0 Å². The number of fused-ring (bicyclic) bond motifs is 1. The normalized spacial score (nSPS) is 11.0. The van der Waals surface area contributed by atoms with E-state index in [9.17, 15) is 0 Å². The second-order valence-electron chi connectivity index (χ2n) is 3.79. The van der Waals surface area contributed by atoms with Gasteiger partial charge in [-0.25, -0.2) is 0 Å². The van der Waals surface area contributed by atoms with E-state index in [4.69, 9.17) is 10.2 Å². The summed E-state index contributed by atoms with van der Waals surface area (Å²) in [5, 5.41) is 20.3. The summed E-state index contributed by atoms with van der Waals surface area (Å²) in [5.41, 5.74) is 0. The quantitative estimate of drug-likeness (QED) is 0.798. The number of rotatable bonds is 6. The second-order valence-corrected chi connectivity index (χ2v) is 6.06. The van der Waals surface area contributed by atoms with E-state index in [0.717, 1.165) is 0 Å². The molecule has 0 aliphatic heterocycles. The molecule has 4 heteroatoms. The maximum absolute atomic E-state index is 8.94. The topological polar surface area (TPSA) is 40.5 Å². The Labute approximate surface area is 115 Å². The maximum Gasteiger partial charge on any atom is 0.0525 e. The molecule has 0 saturated heterocycles. The van der Waals surface area contributed by atoms with Gasteiger partial charge in [-0.15, -0.1) is 23.5 Å². The molecule has 0 saturated carbocycles. The Morgan fingerprint density at radius 2 is 1.22 bits per heavy atom. The van der Waals surface area contributed by atoms with E-state index < -0.39 is 0 Å². The molecular formula is C14H16O2S2. The SMILES string of the molecule is OCCSc1cc2ccccc2cc1SCCO. The minimum atomic E-state index is 0.182. The van der Waals surface area contributed by atoms with Crippen molar-refractivity contribution < 1.29 is 10.2 Å². The van der Waals surface area contributed by atoms with Crippen molar-refractivity contribution in [1.29, 1.82) is 0 Å². The first-order valence-electron chi connectivity index (χ1n) is 5.85. The average Bonchev–Trinajstić information content (AvgIpc) is 2.42. The molecule has 18 heavy (non-hydrogen) atoms. The van der Waals surface area contributed by atoms with Gasteiger partial charge >= 0.3 is 0 Å². The van der Waals surface area contributed by atoms with Gasteiger partial charge in [-0.2, -0.15) is 0 Å². The number of benzene rings is 2. The molecule has 0 bridgehead atoms. The number of aliphatic hydroxyl groups excluding tert-OH is 2. The first kappa shape index (κ1) is 13.7. The summed E-state index contributed by atoms with van der Waals surface area (Å²) in [7, 11) is 0. The van der Waals surface area contributed by atoms with Crippen LogP contribution in [-0.2, 0) is 0 Å². The zero-order chi connectivity index (χ0) is 12.8. The smallest absolute Gasteiger partial charge is 0.0525 e. The van der Waals surface area contributed by atoms with Crippen LogP contribution in [0, 0.1) is 0 Å². The third kappa shape index (κ3) is 3.42. The molecule has 2 nitrogen and oxygen atoms in total. The summed E-state index contributed by atoms with van der Waals surface area (Å²) in [5.74, 6) is 1.40. The van der Waals surface area contributed by atoms with Crippen molar-refractivity contribution in [1.82, 2.24) is 0 Å². The molecule has 0 unspecified atom stereocenters. The van der Waals surface area contributed by atoms with Gasteiger partial charge < -0.3 is 10.2 Å². The van der Waals surface area contributed by atoms with Crippen molar-refractivity contribution in [2.24, 2.45) is 0 Å². The van der Waals surface area contributed by atoms with Gasteiger partial charge in [0.2, 0.25) is 0 Å². The van der Waals surface area contributed by atoms with Crippen LogP contribution in [0.1, 0.15) is 0 Å². The van der Waals surface area contributed by atoms with E-state index in [1.165, 1.54) is 20.6 Å². The van der Waals surface area contributed by atoms with Crippen LogP contribution in [0.3, 0.4) is 0 Å². The van der Waals surface area contributed by atoms with Crippen LogP contribution in [0.2, 0.25) is 0 Å². The minimum Gasteiger partial charge on any atom is -0.396 e. The van der Waals surface area contributed by atoms with Crippen LogP contribution < -0.4 is 0 Å². The monoisotopic (exact) mass is 280 g/mol. The van der Waals surface area contributed by atoms with Crippen molar-refractivity contribution in [2.75, 3.05) is 24.7 Å². The molecule has 0 amide bonds. The predicted octanol–water partition coefficient (Wildman–Crippen LogP) is 3.01. The van der Waals surface area contributed by atoms with E-state index in [2.05, 4.69) is 24.3 Å². The van der Waals surface area contributed by atoms with E-state index in [0.29, 0.717) is 11.5 Å². The van der Waals surface area contributed by atoms with Gasteiger partial charge in [0.25, 0.3) is 0 Å². The molecule has 0 radical (unpaired) electrons. The molecule has 0 aliphatic carbocycles. The molecule has 96 valence electrons. The van der Waals surface area contributed by atoms with Gasteiger partial charge in [-0.05, 0) is 22.9 Å². The molecule has 2 aromatic rings. The van der Waals surface area contributed by atoms with Crippen LogP contribution >= 0.6 is 23.5 Å². The van der Waals surface area contributed by atoms with Crippen molar-refractivity contribution in [3.8, 4) is 0 Å². The second kappa shape index (κ2) is 7.04. The lowest BCUT2D eigenvalue weighted by molar-refractivity contribution is 0.322. The third-order valence-electron chi connectivity index (χ3n) is 2.51. The fraction of sp³-hybridized carbons (Fsp3) is 0.286. The molecule has 2 N–H and O–H groups in total. The Bertz CT molecular complexity index is 468. The van der Waals surface area contributed by atoms with Gasteiger partial charge in [0.05, 0.1) is 13.2 Å². The Morgan fingerprint density at radius 1 is 0.778 bits per heavy atom. The molecule has 0 spiro atoms. The molecule has 2 rings (SSSR count).